The lowest BCUT2D eigenvalue weighted by molar-refractivity contribution is 0.101. The van der Waals surface area contributed by atoms with Gasteiger partial charge in [-0.15, -0.1) is 0 Å². The van der Waals surface area contributed by atoms with Gasteiger partial charge in [0, 0.05) is 29.9 Å². The van der Waals surface area contributed by atoms with Crippen molar-refractivity contribution in [2.75, 3.05) is 11.9 Å². The quantitative estimate of drug-likeness (QED) is 0.445. The van der Waals surface area contributed by atoms with E-state index in [0.717, 1.165) is 11.8 Å². The number of fused-ring (bicyclic) bond motifs is 1. The lowest BCUT2D eigenvalue weighted by Gasteiger charge is -2.33. The topological polar surface area (TPSA) is 129 Å². The monoisotopic (exact) mass is 487 g/mol. The van der Waals surface area contributed by atoms with Crippen molar-refractivity contribution in [2.24, 2.45) is 0 Å². The van der Waals surface area contributed by atoms with Crippen LogP contribution in [0.5, 0.6) is 0 Å². The molecule has 1 saturated heterocycles. The number of nitriles is 1. The molecular formula is C25H21N5O4S. The van der Waals surface area contributed by atoms with Crippen LogP contribution in [0.15, 0.2) is 76.3 Å². The Morgan fingerprint density at radius 3 is 2.80 bits per heavy atom. The summed E-state index contributed by atoms with van der Waals surface area (Å²) in [5.41, 5.74) is 1.30. The summed E-state index contributed by atoms with van der Waals surface area (Å²) in [6.07, 6.45) is 3.64. The molecule has 0 aliphatic carbocycles. The van der Waals surface area contributed by atoms with Crippen molar-refractivity contribution in [1.82, 2.24) is 14.4 Å². The molecule has 9 nitrogen and oxygen atoms in total. The number of aromatic nitrogens is 2. The molecule has 2 aromatic carbocycles. The fourth-order valence-corrected chi connectivity index (χ4v) is 6.13. The van der Waals surface area contributed by atoms with E-state index in [2.05, 4.69) is 15.5 Å². The molecule has 176 valence electrons. The van der Waals surface area contributed by atoms with Crippen molar-refractivity contribution >= 4 is 32.5 Å². The predicted octanol–water partition coefficient (Wildman–Crippen LogP) is 4.26. The van der Waals surface area contributed by atoms with Gasteiger partial charge < -0.3 is 9.84 Å². The van der Waals surface area contributed by atoms with Crippen molar-refractivity contribution in [3.63, 3.8) is 0 Å². The summed E-state index contributed by atoms with van der Waals surface area (Å²) >= 11 is 0. The van der Waals surface area contributed by atoms with Gasteiger partial charge >= 0.3 is 0 Å². The van der Waals surface area contributed by atoms with Crippen molar-refractivity contribution in [3.05, 3.63) is 83.9 Å². The van der Waals surface area contributed by atoms with E-state index in [1.165, 1.54) is 10.4 Å². The van der Waals surface area contributed by atoms with Gasteiger partial charge in [-0.25, -0.2) is 8.42 Å². The van der Waals surface area contributed by atoms with Crippen LogP contribution in [0, 0.1) is 11.3 Å². The van der Waals surface area contributed by atoms with Crippen LogP contribution in [0.2, 0.25) is 0 Å². The molecule has 0 radical (unpaired) electrons. The molecule has 3 heterocycles. The molecular weight excluding hydrogens is 466 g/mol. The van der Waals surface area contributed by atoms with Crippen LogP contribution in [0.3, 0.4) is 0 Å². The Hall–Kier alpha value is -4.07. The third kappa shape index (κ3) is 4.39. The van der Waals surface area contributed by atoms with Crippen LogP contribution in [0.4, 0.5) is 5.69 Å². The fourth-order valence-electron chi connectivity index (χ4n) is 4.30. The van der Waals surface area contributed by atoms with Gasteiger partial charge in [0.25, 0.3) is 5.91 Å². The zero-order valence-corrected chi connectivity index (χ0v) is 19.4. The van der Waals surface area contributed by atoms with E-state index >= 15 is 0 Å². The number of hydrogen-bond acceptors (Lipinski definition) is 7. The number of hydrogen-bond donors (Lipinski definition) is 1. The number of sulfonamides is 1. The molecule has 0 spiro atoms. The van der Waals surface area contributed by atoms with Gasteiger partial charge in [-0.3, -0.25) is 9.78 Å². The van der Waals surface area contributed by atoms with E-state index in [9.17, 15) is 13.2 Å². The lowest BCUT2D eigenvalue weighted by Crippen LogP contribution is -2.38. The summed E-state index contributed by atoms with van der Waals surface area (Å²) in [6, 6.07) is 18.1. The highest BCUT2D eigenvalue weighted by atomic mass is 32.2. The van der Waals surface area contributed by atoms with Crippen LogP contribution in [0.25, 0.3) is 10.9 Å². The highest BCUT2D eigenvalue weighted by molar-refractivity contribution is 7.89. The minimum atomic E-state index is -3.90. The number of nitrogens with one attached hydrogen (secondary N) is 1. The normalized spacial score (nSPS) is 16.6. The van der Waals surface area contributed by atoms with Crippen molar-refractivity contribution < 1.29 is 17.7 Å². The Balaban J connectivity index is 1.43. The highest BCUT2D eigenvalue weighted by Crippen LogP contribution is 2.37. The number of pyridine rings is 1. The average Bonchev–Trinajstić information content (AvgIpc) is 3.39. The van der Waals surface area contributed by atoms with Gasteiger partial charge in [0.15, 0.2) is 11.5 Å². The van der Waals surface area contributed by atoms with E-state index < -0.39 is 22.0 Å². The summed E-state index contributed by atoms with van der Waals surface area (Å²) in [4.78, 5) is 17.1. The number of carbonyl (C=O) groups excluding carboxylic acids is 1. The molecule has 35 heavy (non-hydrogen) atoms. The molecule has 0 bridgehead atoms. The standard InChI is InChI=1S/C25H21N5O4S/c26-16-17-6-3-9-19(14-17)28-25(31)20-15-22(34-29-20)21-10-1-2-13-30(21)35(32,33)23-11-4-7-18-8-5-12-27-24(18)23/h3-9,11-12,14-15,21H,1-2,10,13H2,(H,28,31). The first-order valence-corrected chi connectivity index (χ1v) is 12.5. The number of amides is 1. The zero-order chi connectivity index (χ0) is 24.4. The first-order valence-electron chi connectivity index (χ1n) is 11.1. The Labute approximate surface area is 202 Å². The van der Waals surface area contributed by atoms with E-state index in [-0.39, 0.29) is 10.6 Å². The van der Waals surface area contributed by atoms with Crippen LogP contribution in [0.1, 0.15) is 47.1 Å². The van der Waals surface area contributed by atoms with Gasteiger partial charge in [-0.05, 0) is 43.2 Å². The molecule has 1 aliphatic rings. The second-order valence-corrected chi connectivity index (χ2v) is 10.1. The maximum Gasteiger partial charge on any atom is 0.277 e. The molecule has 1 atom stereocenters. The molecule has 0 saturated carbocycles. The number of rotatable bonds is 5. The predicted molar refractivity (Wildman–Crippen MR) is 128 cm³/mol. The third-order valence-electron chi connectivity index (χ3n) is 5.98. The van der Waals surface area contributed by atoms with Gasteiger partial charge in [0.2, 0.25) is 10.0 Å². The largest absolute Gasteiger partial charge is 0.359 e. The van der Waals surface area contributed by atoms with E-state index in [1.54, 1.807) is 48.7 Å². The summed E-state index contributed by atoms with van der Waals surface area (Å²) in [7, 11) is -3.90. The first-order chi connectivity index (χ1) is 17.0. The maximum absolute atomic E-state index is 13.7. The molecule has 5 rings (SSSR count). The number of carbonyl (C=O) groups is 1. The maximum atomic E-state index is 13.7. The van der Waals surface area contributed by atoms with Gasteiger partial charge in [-0.2, -0.15) is 9.57 Å². The third-order valence-corrected chi connectivity index (χ3v) is 7.91. The number of anilines is 1. The second-order valence-electron chi connectivity index (χ2n) is 8.22. The first kappa shape index (κ1) is 22.7. The summed E-state index contributed by atoms with van der Waals surface area (Å²) in [6.45, 7) is 0.319. The minimum Gasteiger partial charge on any atom is -0.359 e. The van der Waals surface area contributed by atoms with Crippen molar-refractivity contribution in [3.8, 4) is 6.07 Å². The van der Waals surface area contributed by atoms with E-state index in [1.807, 2.05) is 18.2 Å². The molecule has 1 aliphatic heterocycles. The summed E-state index contributed by atoms with van der Waals surface area (Å²) in [5.74, 6) is -0.212. The van der Waals surface area contributed by atoms with Crippen molar-refractivity contribution in [2.45, 2.75) is 30.2 Å². The SMILES string of the molecule is N#Cc1cccc(NC(=O)c2cc(C3CCCCN3S(=O)(=O)c3cccc4cccnc34)on2)c1. The van der Waals surface area contributed by atoms with Gasteiger partial charge in [0.1, 0.15) is 4.90 Å². The average molecular weight is 488 g/mol. The molecule has 10 heteroatoms. The molecule has 1 amide bonds. The number of benzene rings is 2. The number of nitrogens with zero attached hydrogens (tertiary/aromatic N) is 4. The highest BCUT2D eigenvalue weighted by Gasteiger charge is 2.38. The van der Waals surface area contributed by atoms with E-state index in [4.69, 9.17) is 9.78 Å². The molecule has 2 aromatic heterocycles. The van der Waals surface area contributed by atoms with Crippen LogP contribution in [-0.2, 0) is 10.0 Å². The Morgan fingerprint density at radius 1 is 1.11 bits per heavy atom. The Bertz CT molecular complexity index is 1550. The number of para-hydroxylation sites is 1. The minimum absolute atomic E-state index is 0.0251. The van der Waals surface area contributed by atoms with Crippen molar-refractivity contribution in [1.29, 1.82) is 5.26 Å². The smallest absolute Gasteiger partial charge is 0.277 e. The molecule has 1 N–H and O–H groups in total. The summed E-state index contributed by atoms with van der Waals surface area (Å²) < 4.78 is 34.4. The fraction of sp³-hybridized carbons (Fsp3) is 0.200. The summed E-state index contributed by atoms with van der Waals surface area (Å²) in [5, 5.41) is 16.3. The molecule has 1 unspecified atom stereocenters. The Kier molecular flexibility index (Phi) is 6.03. The zero-order valence-electron chi connectivity index (χ0n) is 18.6. The molecule has 1 fully saturated rings. The van der Waals surface area contributed by atoms with Crippen LogP contribution in [-0.4, -0.2) is 35.3 Å². The van der Waals surface area contributed by atoms with Gasteiger partial charge in [0.05, 0.1) is 23.2 Å². The van der Waals surface area contributed by atoms with Crippen LogP contribution < -0.4 is 5.32 Å². The van der Waals surface area contributed by atoms with Crippen LogP contribution >= 0.6 is 0 Å². The second kappa shape index (κ2) is 9.29. The van der Waals surface area contributed by atoms with Gasteiger partial charge in [-0.1, -0.05) is 35.8 Å². The molecule has 4 aromatic rings. The number of piperidine rings is 1. The Morgan fingerprint density at radius 2 is 1.94 bits per heavy atom. The van der Waals surface area contributed by atoms with E-state index in [0.29, 0.717) is 41.9 Å². The lowest BCUT2D eigenvalue weighted by atomic mass is 10.0.